The highest BCUT2D eigenvalue weighted by Gasteiger charge is 2.26. The smallest absolute Gasteiger partial charge is 0.407 e. The van der Waals surface area contributed by atoms with Gasteiger partial charge in [-0.05, 0) is 63.1 Å². The highest BCUT2D eigenvalue weighted by atomic mass is 16.5. The van der Waals surface area contributed by atoms with Crippen LogP contribution in [0.1, 0.15) is 32.8 Å². The average Bonchev–Trinajstić information content (AvgIpc) is 3.26. The molecular weight excluding hydrogens is 444 g/mol. The summed E-state index contributed by atoms with van der Waals surface area (Å²) >= 11 is 0. The minimum absolute atomic E-state index is 0.409. The Morgan fingerprint density at radius 2 is 1.74 bits per heavy atom. The number of carbonyl (C=O) groups is 1. The Morgan fingerprint density at radius 3 is 2.40 bits per heavy atom. The third kappa shape index (κ3) is 6.29. The summed E-state index contributed by atoms with van der Waals surface area (Å²) in [5.74, 6) is 1.23. The predicted octanol–water partition coefficient (Wildman–Crippen LogP) is 6.19. The van der Waals surface area contributed by atoms with Crippen LogP contribution in [0.3, 0.4) is 0 Å². The van der Waals surface area contributed by atoms with Crippen molar-refractivity contribution in [2.75, 3.05) is 18.0 Å². The molecule has 0 spiro atoms. The Bertz CT molecular complexity index is 1220. The molecule has 0 radical (unpaired) electrons. The zero-order valence-electron chi connectivity index (χ0n) is 20.2. The summed E-state index contributed by atoms with van der Waals surface area (Å²) in [7, 11) is 0. The van der Waals surface area contributed by atoms with E-state index in [2.05, 4.69) is 9.97 Å². The molecule has 182 valence electrons. The fourth-order valence-electron chi connectivity index (χ4n) is 3.79. The molecule has 2 aromatic heterocycles. The molecule has 0 saturated heterocycles. The van der Waals surface area contributed by atoms with Crippen LogP contribution in [0, 0.1) is 0 Å². The first kappa shape index (κ1) is 24.1. The molecule has 35 heavy (non-hydrogen) atoms. The topological polar surface area (TPSA) is 91.9 Å². The fourth-order valence-corrected chi connectivity index (χ4v) is 3.79. The van der Waals surface area contributed by atoms with E-state index in [0.29, 0.717) is 49.3 Å². The molecule has 0 unspecified atom stereocenters. The Labute approximate surface area is 204 Å². The van der Waals surface area contributed by atoms with E-state index in [1.54, 1.807) is 12.3 Å². The summed E-state index contributed by atoms with van der Waals surface area (Å²) in [6, 6.07) is 21.5. The fraction of sp³-hybridized carbons (Fsp3) is 0.296. The number of para-hydroxylation sites is 2. The van der Waals surface area contributed by atoms with Crippen LogP contribution in [-0.2, 0) is 6.54 Å². The summed E-state index contributed by atoms with van der Waals surface area (Å²) in [5.41, 5.74) is 2.08. The second-order valence-electron chi connectivity index (χ2n) is 9.26. The van der Waals surface area contributed by atoms with Gasteiger partial charge < -0.3 is 24.1 Å². The Hall–Kier alpha value is -4.07. The Morgan fingerprint density at radius 1 is 1.00 bits per heavy atom. The maximum absolute atomic E-state index is 11.7. The number of carboxylic acid groups (broad SMARTS) is 1. The Balaban J connectivity index is 1.49. The maximum Gasteiger partial charge on any atom is 0.407 e. The van der Waals surface area contributed by atoms with Crippen LogP contribution < -0.4 is 9.64 Å². The summed E-state index contributed by atoms with van der Waals surface area (Å²) in [6.45, 7) is 7.24. The van der Waals surface area contributed by atoms with Gasteiger partial charge in [0, 0.05) is 37.4 Å². The SMILES string of the molecule is CC(C)(C)N(CCCN(Cc1ccc(Oc2ccccn2)cc1)c1nc2ccccc2o1)C(=O)O. The van der Waals surface area contributed by atoms with Crippen molar-refractivity contribution in [3.8, 4) is 11.6 Å². The van der Waals surface area contributed by atoms with Crippen LogP contribution in [0.15, 0.2) is 77.3 Å². The van der Waals surface area contributed by atoms with E-state index in [0.717, 1.165) is 11.1 Å². The molecule has 2 aromatic carbocycles. The van der Waals surface area contributed by atoms with Gasteiger partial charge in [0.2, 0.25) is 5.88 Å². The van der Waals surface area contributed by atoms with Crippen LogP contribution >= 0.6 is 0 Å². The molecular formula is C27H30N4O4. The molecule has 0 aliphatic heterocycles. The molecule has 2 heterocycles. The van der Waals surface area contributed by atoms with Gasteiger partial charge in [-0.1, -0.05) is 30.3 Å². The van der Waals surface area contributed by atoms with Crippen molar-refractivity contribution in [3.63, 3.8) is 0 Å². The summed E-state index contributed by atoms with van der Waals surface area (Å²) in [4.78, 5) is 24.1. The van der Waals surface area contributed by atoms with Gasteiger partial charge in [0.15, 0.2) is 5.58 Å². The van der Waals surface area contributed by atoms with Crippen molar-refractivity contribution in [2.45, 2.75) is 39.3 Å². The van der Waals surface area contributed by atoms with E-state index in [1.165, 1.54) is 4.90 Å². The molecule has 1 amide bonds. The highest BCUT2D eigenvalue weighted by molar-refractivity contribution is 5.74. The van der Waals surface area contributed by atoms with Crippen LogP contribution in [0.2, 0.25) is 0 Å². The van der Waals surface area contributed by atoms with Crippen LogP contribution in [0.4, 0.5) is 10.8 Å². The third-order valence-electron chi connectivity index (χ3n) is 5.56. The van der Waals surface area contributed by atoms with E-state index in [4.69, 9.17) is 9.15 Å². The number of hydrogen-bond acceptors (Lipinski definition) is 6. The van der Waals surface area contributed by atoms with Crippen molar-refractivity contribution < 1.29 is 19.1 Å². The van der Waals surface area contributed by atoms with Gasteiger partial charge in [-0.2, -0.15) is 4.98 Å². The molecule has 0 bridgehead atoms. The van der Waals surface area contributed by atoms with Crippen LogP contribution in [-0.4, -0.2) is 44.7 Å². The number of pyridine rings is 1. The maximum atomic E-state index is 11.7. The zero-order chi connectivity index (χ0) is 24.8. The van der Waals surface area contributed by atoms with Crippen molar-refractivity contribution in [1.29, 1.82) is 0 Å². The molecule has 0 atom stereocenters. The lowest BCUT2D eigenvalue weighted by atomic mass is 10.1. The summed E-state index contributed by atoms with van der Waals surface area (Å²) in [6.07, 6.45) is 1.39. The standard InChI is InChI=1S/C27H30N4O4/c1-27(2,3)31(26(32)33)18-8-17-30(25-29-22-9-4-5-10-23(22)35-25)19-20-12-14-21(15-13-20)34-24-11-6-7-16-28-24/h4-7,9-16H,8,17-19H2,1-3H3,(H,32,33). The second-order valence-corrected chi connectivity index (χ2v) is 9.26. The number of nitrogens with zero attached hydrogens (tertiary/aromatic N) is 4. The summed E-state index contributed by atoms with van der Waals surface area (Å²) < 4.78 is 11.8. The van der Waals surface area contributed by atoms with Crippen molar-refractivity contribution >= 4 is 23.2 Å². The van der Waals surface area contributed by atoms with Crippen LogP contribution in [0.5, 0.6) is 11.6 Å². The molecule has 8 heteroatoms. The predicted molar refractivity (Wildman–Crippen MR) is 135 cm³/mol. The lowest BCUT2D eigenvalue weighted by molar-refractivity contribution is 0.0998. The van der Waals surface area contributed by atoms with E-state index in [9.17, 15) is 9.90 Å². The first-order valence-electron chi connectivity index (χ1n) is 11.6. The van der Waals surface area contributed by atoms with Gasteiger partial charge in [0.05, 0.1) is 0 Å². The number of rotatable bonds is 9. The minimum Gasteiger partial charge on any atom is -0.465 e. The highest BCUT2D eigenvalue weighted by Crippen LogP contribution is 2.25. The number of oxazole rings is 1. The largest absolute Gasteiger partial charge is 0.465 e. The molecule has 4 rings (SSSR count). The van der Waals surface area contributed by atoms with Crippen molar-refractivity contribution in [2.24, 2.45) is 0 Å². The second kappa shape index (κ2) is 10.5. The van der Waals surface area contributed by atoms with Gasteiger partial charge in [0.25, 0.3) is 6.01 Å². The molecule has 1 N–H and O–H groups in total. The number of hydrogen-bond donors (Lipinski definition) is 1. The summed E-state index contributed by atoms with van der Waals surface area (Å²) in [5, 5.41) is 9.62. The molecule has 0 fully saturated rings. The Kier molecular flexibility index (Phi) is 7.19. The molecule has 0 aliphatic rings. The molecule has 8 nitrogen and oxygen atoms in total. The monoisotopic (exact) mass is 474 g/mol. The van der Waals surface area contributed by atoms with Gasteiger partial charge >= 0.3 is 6.09 Å². The third-order valence-corrected chi connectivity index (χ3v) is 5.56. The minimum atomic E-state index is -0.922. The van der Waals surface area contributed by atoms with Crippen LogP contribution in [0.25, 0.3) is 11.1 Å². The molecule has 0 aliphatic carbocycles. The quantitative estimate of drug-likeness (QED) is 0.309. The first-order chi connectivity index (χ1) is 16.8. The number of amides is 1. The van der Waals surface area contributed by atoms with E-state index in [1.807, 2.05) is 86.3 Å². The lowest BCUT2D eigenvalue weighted by Crippen LogP contribution is -2.46. The zero-order valence-corrected chi connectivity index (χ0v) is 20.2. The van der Waals surface area contributed by atoms with E-state index in [-0.39, 0.29) is 0 Å². The van der Waals surface area contributed by atoms with E-state index < -0.39 is 11.6 Å². The number of ether oxygens (including phenoxy) is 1. The van der Waals surface area contributed by atoms with E-state index >= 15 is 0 Å². The number of benzene rings is 2. The van der Waals surface area contributed by atoms with Crippen molar-refractivity contribution in [1.82, 2.24) is 14.9 Å². The average molecular weight is 475 g/mol. The molecule has 0 saturated carbocycles. The number of fused-ring (bicyclic) bond motifs is 1. The first-order valence-corrected chi connectivity index (χ1v) is 11.6. The normalized spacial score (nSPS) is 11.4. The lowest BCUT2D eigenvalue weighted by Gasteiger charge is -2.33. The van der Waals surface area contributed by atoms with Gasteiger partial charge in [-0.25, -0.2) is 9.78 Å². The number of anilines is 1. The van der Waals surface area contributed by atoms with Gasteiger partial charge in [-0.3, -0.25) is 0 Å². The van der Waals surface area contributed by atoms with Crippen molar-refractivity contribution in [3.05, 3.63) is 78.5 Å². The number of aromatic nitrogens is 2. The van der Waals surface area contributed by atoms with Gasteiger partial charge in [-0.15, -0.1) is 0 Å². The molecule has 4 aromatic rings. The van der Waals surface area contributed by atoms with Gasteiger partial charge in [0.1, 0.15) is 11.3 Å².